The predicted octanol–water partition coefficient (Wildman–Crippen LogP) is 0.288. The highest BCUT2D eigenvalue weighted by Crippen LogP contribution is 2.17. The monoisotopic (exact) mass is 133 g/mol. The maximum Gasteiger partial charge on any atom is 0.0596 e. The summed E-state index contributed by atoms with van der Waals surface area (Å²) in [6.45, 7) is 1.28. The summed E-state index contributed by atoms with van der Waals surface area (Å²) in [6, 6.07) is 0.318. The molecule has 1 unspecified atom stereocenters. The second kappa shape index (κ2) is 2.71. The Kier molecular flexibility index (Phi) is 2.16. The minimum absolute atomic E-state index is 0.253. The van der Waals surface area contributed by atoms with Gasteiger partial charge in [0.05, 0.1) is 6.61 Å². The Morgan fingerprint density at radius 1 is 1.75 bits per heavy atom. The van der Waals surface area contributed by atoms with Gasteiger partial charge < -0.3 is 5.11 Å². The van der Waals surface area contributed by atoms with Crippen molar-refractivity contribution in [1.82, 2.24) is 4.31 Å². The van der Waals surface area contributed by atoms with Crippen molar-refractivity contribution in [2.45, 2.75) is 18.9 Å². The Balaban J connectivity index is 2.30. The van der Waals surface area contributed by atoms with E-state index in [0.717, 1.165) is 13.0 Å². The van der Waals surface area contributed by atoms with Crippen molar-refractivity contribution in [2.24, 2.45) is 0 Å². The first-order valence-corrected chi connectivity index (χ1v) is 3.31. The molecule has 0 saturated carbocycles. The van der Waals surface area contributed by atoms with Crippen molar-refractivity contribution >= 4 is 12.8 Å². The molecule has 1 fully saturated rings. The first-order valence-electron chi connectivity index (χ1n) is 2.91. The summed E-state index contributed by atoms with van der Waals surface area (Å²) in [5.74, 6) is 0. The summed E-state index contributed by atoms with van der Waals surface area (Å²) in [4.78, 5) is 0. The smallest absolute Gasteiger partial charge is 0.0596 e. The molecule has 0 aromatic rings. The van der Waals surface area contributed by atoms with E-state index in [1.54, 1.807) is 0 Å². The van der Waals surface area contributed by atoms with Crippen molar-refractivity contribution in [3.63, 3.8) is 0 Å². The summed E-state index contributed by atoms with van der Waals surface area (Å²) < 4.78 is 1.90. The Bertz CT molecular complexity index is 78.8. The summed E-state index contributed by atoms with van der Waals surface area (Å²) >= 11 is 4.14. The third-order valence-electron chi connectivity index (χ3n) is 1.56. The van der Waals surface area contributed by atoms with Gasteiger partial charge in [0.2, 0.25) is 0 Å². The van der Waals surface area contributed by atoms with Gasteiger partial charge in [-0.05, 0) is 12.8 Å². The molecular weight excluding hydrogens is 122 g/mol. The number of aliphatic hydroxyl groups is 1. The van der Waals surface area contributed by atoms with Crippen LogP contribution in [0.3, 0.4) is 0 Å². The van der Waals surface area contributed by atoms with E-state index < -0.39 is 0 Å². The lowest BCUT2D eigenvalue weighted by molar-refractivity contribution is 0.222. The van der Waals surface area contributed by atoms with E-state index in [0.29, 0.717) is 6.04 Å². The normalized spacial score (nSPS) is 31.5. The maximum atomic E-state index is 8.65. The van der Waals surface area contributed by atoms with Gasteiger partial charge in [0, 0.05) is 12.6 Å². The summed E-state index contributed by atoms with van der Waals surface area (Å²) in [5, 5.41) is 8.65. The molecule has 1 atom stereocenters. The van der Waals surface area contributed by atoms with Crippen molar-refractivity contribution in [1.29, 1.82) is 0 Å². The molecule has 0 aromatic carbocycles. The van der Waals surface area contributed by atoms with Crippen LogP contribution in [-0.2, 0) is 0 Å². The van der Waals surface area contributed by atoms with Gasteiger partial charge in [0.1, 0.15) is 0 Å². The van der Waals surface area contributed by atoms with Crippen molar-refractivity contribution in [3.8, 4) is 0 Å². The van der Waals surface area contributed by atoms with Crippen LogP contribution < -0.4 is 0 Å². The molecule has 0 radical (unpaired) electrons. The van der Waals surface area contributed by atoms with E-state index in [9.17, 15) is 0 Å². The highest BCUT2D eigenvalue weighted by Gasteiger charge is 2.19. The van der Waals surface area contributed by atoms with Crippen LogP contribution in [0.2, 0.25) is 0 Å². The van der Waals surface area contributed by atoms with Crippen LogP contribution in [0.5, 0.6) is 0 Å². The molecule has 2 nitrogen and oxygen atoms in total. The first-order chi connectivity index (χ1) is 3.84. The second-order valence-corrected chi connectivity index (χ2v) is 2.66. The zero-order chi connectivity index (χ0) is 5.98. The molecule has 8 heavy (non-hydrogen) atoms. The fraction of sp³-hybridized carbons (Fsp3) is 1.00. The molecule has 3 heteroatoms. The summed E-state index contributed by atoms with van der Waals surface area (Å²) in [6.07, 6.45) is 2.27. The highest BCUT2D eigenvalue weighted by molar-refractivity contribution is 7.77. The average molecular weight is 133 g/mol. The summed E-state index contributed by atoms with van der Waals surface area (Å²) in [7, 11) is 0. The SMILES string of the molecule is OCC1CCCN1S. The third-order valence-corrected chi connectivity index (χ3v) is 2.08. The first kappa shape index (κ1) is 6.39. The summed E-state index contributed by atoms with van der Waals surface area (Å²) in [5.41, 5.74) is 0. The van der Waals surface area contributed by atoms with Crippen LogP contribution in [0, 0.1) is 0 Å². The van der Waals surface area contributed by atoms with Crippen LogP contribution in [0.15, 0.2) is 0 Å². The molecule has 1 rings (SSSR count). The molecule has 1 N–H and O–H groups in total. The Morgan fingerprint density at radius 2 is 2.50 bits per heavy atom. The lowest BCUT2D eigenvalue weighted by Gasteiger charge is -2.13. The van der Waals surface area contributed by atoms with Crippen LogP contribution in [0.25, 0.3) is 0 Å². The van der Waals surface area contributed by atoms with Crippen molar-refractivity contribution in [2.75, 3.05) is 13.2 Å². The molecule has 1 heterocycles. The standard InChI is InChI=1S/C5H11NOS/c7-4-5-2-1-3-6(5)8/h5,7-8H,1-4H2. The quantitative estimate of drug-likeness (QED) is 0.502. The van der Waals surface area contributed by atoms with Gasteiger partial charge in [-0.1, -0.05) is 12.8 Å². The zero-order valence-corrected chi connectivity index (χ0v) is 5.64. The van der Waals surface area contributed by atoms with Crippen LogP contribution >= 0.6 is 12.8 Å². The molecule has 1 aliphatic rings. The maximum absolute atomic E-state index is 8.65. The number of nitrogens with zero attached hydrogens (tertiary/aromatic N) is 1. The highest BCUT2D eigenvalue weighted by atomic mass is 32.1. The van der Waals surface area contributed by atoms with E-state index in [1.165, 1.54) is 6.42 Å². The average Bonchev–Trinajstić information content (AvgIpc) is 2.14. The molecule has 0 amide bonds. The second-order valence-electron chi connectivity index (χ2n) is 2.14. The number of hydrogen-bond donors (Lipinski definition) is 2. The van der Waals surface area contributed by atoms with E-state index in [2.05, 4.69) is 12.8 Å². The Labute approximate surface area is 55.0 Å². The number of aliphatic hydroxyl groups excluding tert-OH is 1. The van der Waals surface area contributed by atoms with Gasteiger partial charge in [0.25, 0.3) is 0 Å². The van der Waals surface area contributed by atoms with E-state index >= 15 is 0 Å². The molecular formula is C5H11NOS. The van der Waals surface area contributed by atoms with Crippen LogP contribution in [0.1, 0.15) is 12.8 Å². The van der Waals surface area contributed by atoms with Crippen molar-refractivity contribution in [3.05, 3.63) is 0 Å². The Hall–Kier alpha value is 0.270. The third kappa shape index (κ3) is 1.16. The zero-order valence-electron chi connectivity index (χ0n) is 4.75. The number of hydrogen-bond acceptors (Lipinski definition) is 3. The fourth-order valence-corrected chi connectivity index (χ4v) is 1.34. The number of rotatable bonds is 1. The minimum atomic E-state index is 0.253. The largest absolute Gasteiger partial charge is 0.395 e. The lowest BCUT2D eigenvalue weighted by atomic mass is 10.2. The van der Waals surface area contributed by atoms with E-state index in [4.69, 9.17) is 5.11 Å². The molecule has 0 aromatic heterocycles. The van der Waals surface area contributed by atoms with Gasteiger partial charge in [-0.25, -0.2) is 4.31 Å². The van der Waals surface area contributed by atoms with E-state index in [1.807, 2.05) is 4.31 Å². The van der Waals surface area contributed by atoms with Gasteiger partial charge in [-0.3, -0.25) is 0 Å². The van der Waals surface area contributed by atoms with Gasteiger partial charge in [-0.2, -0.15) is 0 Å². The molecule has 1 aliphatic heterocycles. The molecule has 0 spiro atoms. The lowest BCUT2D eigenvalue weighted by Crippen LogP contribution is -2.23. The number of thiol groups is 1. The predicted molar refractivity (Wildman–Crippen MR) is 35.8 cm³/mol. The van der Waals surface area contributed by atoms with Crippen LogP contribution in [-0.4, -0.2) is 28.6 Å². The molecule has 48 valence electrons. The van der Waals surface area contributed by atoms with Gasteiger partial charge >= 0.3 is 0 Å². The van der Waals surface area contributed by atoms with E-state index in [-0.39, 0.29) is 6.61 Å². The van der Waals surface area contributed by atoms with Crippen LogP contribution in [0.4, 0.5) is 0 Å². The van der Waals surface area contributed by atoms with Crippen molar-refractivity contribution < 1.29 is 5.11 Å². The topological polar surface area (TPSA) is 23.5 Å². The van der Waals surface area contributed by atoms with Gasteiger partial charge in [0.15, 0.2) is 0 Å². The molecule has 0 aliphatic carbocycles. The van der Waals surface area contributed by atoms with Gasteiger partial charge in [-0.15, -0.1) is 0 Å². The fourth-order valence-electron chi connectivity index (χ4n) is 1.01. The minimum Gasteiger partial charge on any atom is -0.395 e. The molecule has 0 bridgehead atoms. The molecule has 1 saturated heterocycles. The Morgan fingerprint density at radius 3 is 2.75 bits per heavy atom.